The number of hydrogen-bond acceptors (Lipinski definition) is 5. The summed E-state index contributed by atoms with van der Waals surface area (Å²) < 4.78 is 10.9. The average molecular weight is 314 g/mol. The van der Waals surface area contributed by atoms with Crippen LogP contribution in [0, 0.1) is 5.92 Å². The van der Waals surface area contributed by atoms with E-state index in [1.165, 1.54) is 12.4 Å². The number of carbonyl (C=O) groups is 1. The highest BCUT2D eigenvalue weighted by atomic mass is 35.5. The number of aromatic nitrogens is 2. The third-order valence-electron chi connectivity index (χ3n) is 2.98. The molecule has 0 aliphatic carbocycles. The van der Waals surface area contributed by atoms with Gasteiger partial charge in [-0.25, -0.2) is 14.8 Å². The van der Waals surface area contributed by atoms with Crippen LogP contribution in [0.25, 0.3) is 0 Å². The van der Waals surface area contributed by atoms with Crippen molar-refractivity contribution in [1.82, 2.24) is 14.9 Å². The number of ether oxygens (including phenoxy) is 2. The maximum Gasteiger partial charge on any atom is 0.410 e. The Labute approximate surface area is 129 Å². The zero-order valence-corrected chi connectivity index (χ0v) is 13.3. The van der Waals surface area contributed by atoms with E-state index in [0.29, 0.717) is 30.7 Å². The van der Waals surface area contributed by atoms with E-state index < -0.39 is 5.60 Å². The van der Waals surface area contributed by atoms with Crippen molar-refractivity contribution < 1.29 is 14.3 Å². The van der Waals surface area contributed by atoms with Gasteiger partial charge in [0.1, 0.15) is 5.60 Å². The van der Waals surface area contributed by atoms with E-state index >= 15 is 0 Å². The minimum absolute atomic E-state index is 0.261. The summed E-state index contributed by atoms with van der Waals surface area (Å²) >= 11 is 5.71. The van der Waals surface area contributed by atoms with E-state index in [9.17, 15) is 4.79 Å². The van der Waals surface area contributed by atoms with Gasteiger partial charge in [0.15, 0.2) is 0 Å². The fourth-order valence-corrected chi connectivity index (χ4v) is 2.13. The highest BCUT2D eigenvalue weighted by Crippen LogP contribution is 2.20. The van der Waals surface area contributed by atoms with Gasteiger partial charge in [-0.3, -0.25) is 0 Å². The lowest BCUT2D eigenvalue weighted by molar-refractivity contribution is 0.0284. The first-order chi connectivity index (χ1) is 9.83. The average Bonchev–Trinajstić information content (AvgIpc) is 2.85. The highest BCUT2D eigenvalue weighted by Gasteiger charge is 2.30. The van der Waals surface area contributed by atoms with Crippen LogP contribution >= 0.6 is 11.6 Å². The summed E-state index contributed by atoms with van der Waals surface area (Å²) in [6.07, 6.45) is 3.59. The Bertz CT molecular complexity index is 487. The largest absolute Gasteiger partial charge is 0.463 e. The minimum atomic E-state index is -0.469. The van der Waals surface area contributed by atoms with E-state index in [2.05, 4.69) is 9.97 Å². The number of carbonyl (C=O) groups excluding carboxylic acids is 1. The normalized spacial score (nSPS) is 18.7. The standard InChI is InChI=1S/C14H20ClN3O3/c1-14(2,3)21-13(19)18-5-4-10(8-18)9-20-12-16-6-11(15)7-17-12/h6-7,10H,4-5,8-9H2,1-3H3/t10-/m0/s1. The van der Waals surface area contributed by atoms with Crippen molar-refractivity contribution in [2.45, 2.75) is 32.8 Å². The number of rotatable bonds is 3. The van der Waals surface area contributed by atoms with Crippen molar-refractivity contribution in [2.75, 3.05) is 19.7 Å². The molecule has 1 aliphatic rings. The van der Waals surface area contributed by atoms with E-state index in [0.717, 1.165) is 6.42 Å². The molecule has 0 unspecified atom stereocenters. The zero-order valence-electron chi connectivity index (χ0n) is 12.5. The van der Waals surface area contributed by atoms with Gasteiger partial charge in [-0.05, 0) is 27.2 Å². The molecule has 0 radical (unpaired) electrons. The fraction of sp³-hybridized carbons (Fsp3) is 0.643. The zero-order chi connectivity index (χ0) is 15.5. The number of halogens is 1. The molecule has 1 aromatic heterocycles. The lowest BCUT2D eigenvalue weighted by Crippen LogP contribution is -2.35. The van der Waals surface area contributed by atoms with Gasteiger partial charge >= 0.3 is 12.1 Å². The Morgan fingerprint density at radius 1 is 1.43 bits per heavy atom. The molecule has 2 rings (SSSR count). The van der Waals surface area contributed by atoms with Crippen LogP contribution in [0.15, 0.2) is 12.4 Å². The summed E-state index contributed by atoms with van der Waals surface area (Å²) in [7, 11) is 0. The molecule has 0 aromatic carbocycles. The van der Waals surface area contributed by atoms with E-state index in [-0.39, 0.29) is 12.0 Å². The van der Waals surface area contributed by atoms with Crippen LogP contribution in [0.1, 0.15) is 27.2 Å². The molecule has 116 valence electrons. The van der Waals surface area contributed by atoms with Crippen LogP contribution in [0.2, 0.25) is 5.02 Å². The summed E-state index contributed by atoms with van der Waals surface area (Å²) in [4.78, 5) is 21.6. The summed E-state index contributed by atoms with van der Waals surface area (Å²) in [5.41, 5.74) is -0.469. The Balaban J connectivity index is 1.77. The van der Waals surface area contributed by atoms with Crippen LogP contribution in [0.4, 0.5) is 4.79 Å². The molecular formula is C14H20ClN3O3. The Morgan fingerprint density at radius 2 is 2.10 bits per heavy atom. The SMILES string of the molecule is CC(C)(C)OC(=O)N1CC[C@H](COc2ncc(Cl)cn2)C1. The summed E-state index contributed by atoms with van der Waals surface area (Å²) in [6.45, 7) is 7.37. The van der Waals surface area contributed by atoms with E-state index in [1.807, 2.05) is 20.8 Å². The van der Waals surface area contributed by atoms with Crippen molar-refractivity contribution in [3.8, 4) is 6.01 Å². The Hall–Kier alpha value is -1.56. The summed E-state index contributed by atoms with van der Waals surface area (Å²) in [5.74, 6) is 0.261. The lowest BCUT2D eigenvalue weighted by Gasteiger charge is -2.24. The molecule has 1 fully saturated rings. The van der Waals surface area contributed by atoms with Crippen molar-refractivity contribution in [3.05, 3.63) is 17.4 Å². The quantitative estimate of drug-likeness (QED) is 0.858. The predicted octanol–water partition coefficient (Wildman–Crippen LogP) is 2.77. The summed E-state index contributed by atoms with van der Waals surface area (Å²) in [6, 6.07) is 0.301. The molecule has 0 spiro atoms. The highest BCUT2D eigenvalue weighted by molar-refractivity contribution is 6.30. The predicted molar refractivity (Wildman–Crippen MR) is 78.5 cm³/mol. The van der Waals surface area contributed by atoms with Gasteiger partial charge in [0.25, 0.3) is 0 Å². The molecule has 6 nitrogen and oxygen atoms in total. The second-order valence-corrected chi connectivity index (χ2v) is 6.51. The van der Waals surface area contributed by atoms with Crippen molar-refractivity contribution in [2.24, 2.45) is 5.92 Å². The maximum absolute atomic E-state index is 11.9. The van der Waals surface area contributed by atoms with Crippen LogP contribution in [0.5, 0.6) is 6.01 Å². The van der Waals surface area contributed by atoms with Crippen molar-refractivity contribution >= 4 is 17.7 Å². The Kier molecular flexibility index (Phi) is 4.88. The smallest absolute Gasteiger partial charge is 0.410 e. The maximum atomic E-state index is 11.9. The minimum Gasteiger partial charge on any atom is -0.463 e. The first kappa shape index (κ1) is 15.8. The van der Waals surface area contributed by atoms with Gasteiger partial charge in [0.05, 0.1) is 24.0 Å². The van der Waals surface area contributed by atoms with Crippen LogP contribution in [0.3, 0.4) is 0 Å². The molecule has 1 aromatic rings. The van der Waals surface area contributed by atoms with Gasteiger partial charge < -0.3 is 14.4 Å². The molecule has 2 heterocycles. The molecule has 1 saturated heterocycles. The molecule has 1 amide bonds. The number of nitrogens with zero attached hydrogens (tertiary/aromatic N) is 3. The molecule has 1 atom stereocenters. The van der Waals surface area contributed by atoms with Crippen molar-refractivity contribution in [3.63, 3.8) is 0 Å². The van der Waals surface area contributed by atoms with E-state index in [1.54, 1.807) is 4.90 Å². The third-order valence-corrected chi connectivity index (χ3v) is 3.18. The number of amides is 1. The van der Waals surface area contributed by atoms with Gasteiger partial charge in [-0.15, -0.1) is 0 Å². The van der Waals surface area contributed by atoms with Crippen molar-refractivity contribution in [1.29, 1.82) is 0 Å². The lowest BCUT2D eigenvalue weighted by atomic mass is 10.1. The van der Waals surface area contributed by atoms with Gasteiger partial charge in [0.2, 0.25) is 0 Å². The summed E-state index contributed by atoms with van der Waals surface area (Å²) in [5, 5.41) is 0.472. The van der Waals surface area contributed by atoms with E-state index in [4.69, 9.17) is 21.1 Å². The second-order valence-electron chi connectivity index (χ2n) is 6.08. The number of hydrogen-bond donors (Lipinski definition) is 0. The number of likely N-dealkylation sites (tertiary alicyclic amines) is 1. The molecule has 21 heavy (non-hydrogen) atoms. The molecule has 1 aliphatic heterocycles. The van der Waals surface area contributed by atoms with Gasteiger partial charge in [0, 0.05) is 19.0 Å². The first-order valence-electron chi connectivity index (χ1n) is 6.92. The fourth-order valence-electron chi connectivity index (χ4n) is 2.03. The van der Waals surface area contributed by atoms with Crippen LogP contribution in [-0.2, 0) is 4.74 Å². The van der Waals surface area contributed by atoms with Crippen LogP contribution in [-0.4, -0.2) is 46.3 Å². The van der Waals surface area contributed by atoms with Gasteiger partial charge in [-0.2, -0.15) is 0 Å². The monoisotopic (exact) mass is 313 g/mol. The molecule has 0 bridgehead atoms. The molecule has 7 heteroatoms. The third kappa shape index (κ3) is 5.04. The Morgan fingerprint density at radius 3 is 2.71 bits per heavy atom. The molecular weight excluding hydrogens is 294 g/mol. The van der Waals surface area contributed by atoms with Gasteiger partial charge in [-0.1, -0.05) is 11.6 Å². The topological polar surface area (TPSA) is 64.5 Å². The first-order valence-corrected chi connectivity index (χ1v) is 7.29. The molecule has 0 N–H and O–H groups in total. The molecule has 0 saturated carbocycles. The van der Waals surface area contributed by atoms with Crippen LogP contribution < -0.4 is 4.74 Å². The second kappa shape index (κ2) is 6.47.